The fourth-order valence-electron chi connectivity index (χ4n) is 6.48. The van der Waals surface area contributed by atoms with Crippen molar-refractivity contribution in [2.24, 2.45) is 0 Å². The first kappa shape index (κ1) is 36.2. The van der Waals surface area contributed by atoms with Gasteiger partial charge in [0.2, 0.25) is 0 Å². The molecule has 4 nitrogen and oxygen atoms in total. The van der Waals surface area contributed by atoms with E-state index in [1.54, 1.807) is 0 Å². The predicted molar refractivity (Wildman–Crippen MR) is 212 cm³/mol. The Balaban J connectivity index is 0.000000188. The van der Waals surface area contributed by atoms with Gasteiger partial charge in [0.1, 0.15) is 5.58 Å². The molecule has 1 radical (unpaired) electrons. The molecule has 8 aromatic rings. The van der Waals surface area contributed by atoms with Crippen LogP contribution in [0.2, 0.25) is 19.6 Å². The van der Waals surface area contributed by atoms with Crippen LogP contribution in [0.15, 0.2) is 120 Å². The van der Waals surface area contributed by atoms with Crippen LogP contribution in [0.3, 0.4) is 0 Å². The van der Waals surface area contributed by atoms with Crippen LogP contribution in [0.5, 0.6) is 0 Å². The van der Waals surface area contributed by atoms with E-state index in [0.717, 1.165) is 61.3 Å². The molecule has 6 heteroatoms. The minimum absolute atomic E-state index is 0. The maximum absolute atomic E-state index is 6.30. The molecule has 0 aliphatic carbocycles. The Morgan fingerprint density at radius 3 is 2.14 bits per heavy atom. The number of imidazole rings is 1. The van der Waals surface area contributed by atoms with Gasteiger partial charge in [0, 0.05) is 37.4 Å². The summed E-state index contributed by atoms with van der Waals surface area (Å²) in [4.78, 5) is 9.64. The molecular formula is C45H43IrN3OSi-2. The summed E-state index contributed by atoms with van der Waals surface area (Å²) in [5.74, 6) is 0.846. The van der Waals surface area contributed by atoms with Gasteiger partial charge in [-0.25, -0.2) is 0 Å². The number of para-hydroxylation sites is 4. The summed E-state index contributed by atoms with van der Waals surface area (Å²) < 4.78 is 8.55. The molecule has 0 fully saturated rings. The van der Waals surface area contributed by atoms with E-state index in [0.29, 0.717) is 0 Å². The van der Waals surface area contributed by atoms with E-state index in [-0.39, 0.29) is 25.5 Å². The molecule has 0 aliphatic heterocycles. The molecule has 0 spiro atoms. The Morgan fingerprint density at radius 1 is 0.745 bits per heavy atom. The number of aryl methyl sites for hydroxylation is 2. The summed E-state index contributed by atoms with van der Waals surface area (Å²) in [5.41, 5.74) is 11.7. The maximum Gasteiger partial charge on any atom is 0.120 e. The quantitative estimate of drug-likeness (QED) is 0.131. The first-order chi connectivity index (χ1) is 23.9. The number of benzene rings is 5. The van der Waals surface area contributed by atoms with Crippen molar-refractivity contribution in [3.8, 4) is 28.3 Å². The Labute approximate surface area is 316 Å². The zero-order valence-electron chi connectivity index (χ0n) is 30.6. The smallest absolute Gasteiger partial charge is 0.120 e. The predicted octanol–water partition coefficient (Wildman–Crippen LogP) is 11.4. The maximum atomic E-state index is 6.30. The van der Waals surface area contributed by atoms with Gasteiger partial charge in [-0.2, -0.15) is 0 Å². The summed E-state index contributed by atoms with van der Waals surface area (Å²) in [6, 6.07) is 44.4. The number of hydrogen-bond acceptors (Lipinski definition) is 3. The number of hydrogen-bond donors (Lipinski definition) is 0. The summed E-state index contributed by atoms with van der Waals surface area (Å²) in [5, 5.41) is 3.59. The molecule has 5 aromatic carbocycles. The molecule has 3 aromatic heterocycles. The van der Waals surface area contributed by atoms with Crippen molar-refractivity contribution in [3.05, 3.63) is 144 Å². The molecule has 259 valence electrons. The van der Waals surface area contributed by atoms with Crippen molar-refractivity contribution in [2.45, 2.75) is 59.7 Å². The minimum Gasteiger partial charge on any atom is -0.501 e. The number of nitrogens with zero attached hydrogens (tertiary/aromatic N) is 3. The van der Waals surface area contributed by atoms with Crippen molar-refractivity contribution >= 4 is 46.2 Å². The number of pyridine rings is 1. The van der Waals surface area contributed by atoms with Crippen LogP contribution in [-0.4, -0.2) is 22.6 Å². The summed E-state index contributed by atoms with van der Waals surface area (Å²) in [6.07, 6.45) is 2.03. The van der Waals surface area contributed by atoms with E-state index in [9.17, 15) is 0 Å². The first-order valence-corrected chi connectivity index (χ1v) is 20.8. The Hall–Kier alpha value is -4.61. The Bertz CT molecular complexity index is 2390. The van der Waals surface area contributed by atoms with Crippen LogP contribution in [0, 0.1) is 26.0 Å². The standard InChI is InChI=1S/C27H19N2O.C18H24NSi.Ir/c1-17-9-7-10-18(2)25(17)29-23-15-5-4-14-22(23)28-27(29)21-13-8-12-20-19-11-3-6-16-24(19)30-26(20)21;1-18(2,3)15-9-7-14(8-10-15)17-12-11-16(13-19-17)20(4,5)6;/h3-12,14-16H,1-2H3;7,9-13H,1-6H3;/q2*-1;. The van der Waals surface area contributed by atoms with Crippen LogP contribution in [0.25, 0.3) is 61.3 Å². The molecule has 0 saturated carbocycles. The molecule has 0 amide bonds. The Kier molecular flexibility index (Phi) is 10.1. The minimum atomic E-state index is -1.26. The second-order valence-corrected chi connectivity index (χ2v) is 20.2. The van der Waals surface area contributed by atoms with Gasteiger partial charge < -0.3 is 14.0 Å². The third-order valence-corrected chi connectivity index (χ3v) is 11.4. The molecule has 0 aliphatic rings. The molecular weight excluding hydrogens is 819 g/mol. The molecule has 8 rings (SSSR count). The number of aromatic nitrogens is 3. The monoisotopic (exact) mass is 862 g/mol. The average Bonchev–Trinajstić information content (AvgIpc) is 3.67. The van der Waals surface area contributed by atoms with E-state index in [1.165, 1.54) is 21.9 Å². The summed E-state index contributed by atoms with van der Waals surface area (Å²) in [6.45, 7) is 18.0. The van der Waals surface area contributed by atoms with Crippen molar-refractivity contribution in [3.63, 3.8) is 0 Å². The van der Waals surface area contributed by atoms with Gasteiger partial charge in [-0.3, -0.25) is 4.98 Å². The molecule has 0 N–H and O–H groups in total. The zero-order valence-corrected chi connectivity index (χ0v) is 33.9. The van der Waals surface area contributed by atoms with Gasteiger partial charge in [-0.1, -0.05) is 112 Å². The van der Waals surface area contributed by atoms with Crippen LogP contribution >= 0.6 is 0 Å². The largest absolute Gasteiger partial charge is 0.501 e. The van der Waals surface area contributed by atoms with E-state index < -0.39 is 8.07 Å². The van der Waals surface area contributed by atoms with Crippen molar-refractivity contribution in [1.82, 2.24) is 14.5 Å². The van der Waals surface area contributed by atoms with Crippen molar-refractivity contribution < 1.29 is 24.5 Å². The van der Waals surface area contributed by atoms with Gasteiger partial charge in [-0.05, 0) is 59.5 Å². The summed E-state index contributed by atoms with van der Waals surface area (Å²) >= 11 is 0. The third-order valence-electron chi connectivity index (χ3n) is 9.37. The number of fused-ring (bicyclic) bond motifs is 4. The SMILES string of the molecule is CC(C)(C)c1c[c-]c(-c2ccc([Si](C)(C)C)cn2)cc1.Cc1cccc(C)c1-n1c(-c2[c-]ccc3c2oc2ccccc23)nc2ccccc21.[Ir]. The average molecular weight is 862 g/mol. The van der Waals surface area contributed by atoms with Gasteiger partial charge >= 0.3 is 0 Å². The van der Waals surface area contributed by atoms with Crippen LogP contribution in [0.1, 0.15) is 37.5 Å². The van der Waals surface area contributed by atoms with E-state index in [1.807, 2.05) is 36.5 Å². The normalized spacial score (nSPS) is 11.8. The molecule has 3 heterocycles. The van der Waals surface area contributed by atoms with Gasteiger partial charge in [0.25, 0.3) is 0 Å². The van der Waals surface area contributed by atoms with Gasteiger partial charge in [0.15, 0.2) is 0 Å². The molecule has 51 heavy (non-hydrogen) atoms. The molecule has 0 atom stereocenters. The van der Waals surface area contributed by atoms with E-state index in [4.69, 9.17) is 9.40 Å². The number of furan rings is 1. The Morgan fingerprint density at radius 2 is 1.47 bits per heavy atom. The van der Waals surface area contributed by atoms with E-state index in [2.05, 4.69) is 155 Å². The molecule has 0 bridgehead atoms. The van der Waals surface area contributed by atoms with Crippen LogP contribution < -0.4 is 5.19 Å². The van der Waals surface area contributed by atoms with Crippen molar-refractivity contribution in [2.75, 3.05) is 0 Å². The molecule has 0 saturated heterocycles. The third kappa shape index (κ3) is 7.14. The fourth-order valence-corrected chi connectivity index (χ4v) is 7.52. The van der Waals surface area contributed by atoms with Gasteiger partial charge in [-0.15, -0.1) is 53.6 Å². The number of rotatable bonds is 4. The second-order valence-electron chi connectivity index (χ2n) is 15.1. The first-order valence-electron chi connectivity index (χ1n) is 17.3. The van der Waals surface area contributed by atoms with E-state index >= 15 is 0 Å². The topological polar surface area (TPSA) is 43.9 Å². The van der Waals surface area contributed by atoms with Gasteiger partial charge in [0.05, 0.1) is 30.5 Å². The summed E-state index contributed by atoms with van der Waals surface area (Å²) in [7, 11) is -1.26. The molecule has 0 unspecified atom stereocenters. The second kappa shape index (κ2) is 14.2. The van der Waals surface area contributed by atoms with Crippen molar-refractivity contribution in [1.29, 1.82) is 0 Å². The van der Waals surface area contributed by atoms with Crippen LogP contribution in [-0.2, 0) is 25.5 Å². The van der Waals surface area contributed by atoms with Crippen LogP contribution in [0.4, 0.5) is 0 Å². The fraction of sp³-hybridized carbons (Fsp3) is 0.200. The zero-order chi connectivity index (χ0) is 35.2.